The number of imidazole rings is 1. The molecule has 2 rings (SSSR count). The first-order chi connectivity index (χ1) is 7.31. The number of likely N-dealkylation sites (N-methyl/N-ethyl adjacent to an activating group) is 1. The maximum Gasteiger partial charge on any atom is 0.107 e. The van der Waals surface area contributed by atoms with Gasteiger partial charge in [-0.25, -0.2) is 4.98 Å². The van der Waals surface area contributed by atoms with Gasteiger partial charge in [-0.2, -0.15) is 0 Å². The number of nitrogens with zero attached hydrogens (tertiary/aromatic N) is 1. The third-order valence-corrected chi connectivity index (χ3v) is 2.58. The third-order valence-electron chi connectivity index (χ3n) is 2.58. The zero-order valence-electron chi connectivity index (χ0n) is 8.95. The minimum absolute atomic E-state index is 0.245. The van der Waals surface area contributed by atoms with E-state index in [4.69, 9.17) is 4.42 Å². The largest absolute Gasteiger partial charge is 0.469 e. The fourth-order valence-corrected chi connectivity index (χ4v) is 1.73. The van der Waals surface area contributed by atoms with Crippen LogP contribution in [-0.4, -0.2) is 17.0 Å². The molecule has 0 saturated carbocycles. The van der Waals surface area contributed by atoms with Crippen molar-refractivity contribution in [3.63, 3.8) is 0 Å². The van der Waals surface area contributed by atoms with Crippen molar-refractivity contribution in [1.82, 2.24) is 15.3 Å². The number of hydrogen-bond acceptors (Lipinski definition) is 3. The molecule has 0 aliphatic carbocycles. The number of furan rings is 1. The maximum atomic E-state index is 5.30. The van der Waals surface area contributed by atoms with Crippen LogP contribution in [0.2, 0.25) is 0 Å². The second-order valence-electron chi connectivity index (χ2n) is 3.51. The van der Waals surface area contributed by atoms with Crippen LogP contribution >= 0.6 is 0 Å². The molecule has 0 radical (unpaired) electrons. The molecule has 4 nitrogen and oxygen atoms in total. The lowest BCUT2D eigenvalue weighted by atomic mass is 10.0. The van der Waals surface area contributed by atoms with Crippen LogP contribution in [0.3, 0.4) is 0 Å². The number of aromatic amines is 1. The van der Waals surface area contributed by atoms with Crippen LogP contribution in [0.1, 0.15) is 23.2 Å². The molecule has 0 fully saturated rings. The van der Waals surface area contributed by atoms with Crippen LogP contribution in [0.15, 0.2) is 29.1 Å². The van der Waals surface area contributed by atoms with Gasteiger partial charge < -0.3 is 14.7 Å². The molecule has 2 aromatic heterocycles. The highest BCUT2D eigenvalue weighted by Gasteiger charge is 2.15. The summed E-state index contributed by atoms with van der Waals surface area (Å²) >= 11 is 0. The average molecular weight is 205 g/mol. The summed E-state index contributed by atoms with van der Waals surface area (Å²) in [6, 6.07) is 2.24. The molecule has 0 bridgehead atoms. The van der Waals surface area contributed by atoms with Gasteiger partial charge in [0.25, 0.3) is 0 Å². The van der Waals surface area contributed by atoms with Gasteiger partial charge in [0.15, 0.2) is 0 Å². The second-order valence-corrected chi connectivity index (χ2v) is 3.51. The molecule has 15 heavy (non-hydrogen) atoms. The van der Waals surface area contributed by atoms with Gasteiger partial charge in [-0.1, -0.05) is 0 Å². The van der Waals surface area contributed by atoms with Crippen molar-refractivity contribution in [3.05, 3.63) is 41.9 Å². The van der Waals surface area contributed by atoms with Crippen LogP contribution in [0.4, 0.5) is 0 Å². The summed E-state index contributed by atoms with van der Waals surface area (Å²) in [4.78, 5) is 7.32. The van der Waals surface area contributed by atoms with E-state index in [0.29, 0.717) is 0 Å². The fourth-order valence-electron chi connectivity index (χ4n) is 1.73. The van der Waals surface area contributed by atoms with Crippen molar-refractivity contribution < 1.29 is 4.42 Å². The lowest BCUT2D eigenvalue weighted by molar-refractivity contribution is 0.509. The van der Waals surface area contributed by atoms with Crippen molar-refractivity contribution in [1.29, 1.82) is 0 Å². The van der Waals surface area contributed by atoms with Gasteiger partial charge in [0.2, 0.25) is 0 Å². The van der Waals surface area contributed by atoms with Gasteiger partial charge in [-0.15, -0.1) is 0 Å². The van der Waals surface area contributed by atoms with E-state index in [1.54, 1.807) is 12.5 Å². The van der Waals surface area contributed by atoms with Crippen LogP contribution in [-0.2, 0) is 6.42 Å². The molecule has 4 heteroatoms. The van der Waals surface area contributed by atoms with E-state index in [1.165, 1.54) is 5.56 Å². The molecule has 2 N–H and O–H groups in total. The standard InChI is InChI=1S/C11H15N3O/c1-8-9(3-6-15-8)10(12-2)7-11-13-4-5-14-11/h3-6,10,12H,7H2,1-2H3,(H,13,14). The van der Waals surface area contributed by atoms with Crippen molar-refractivity contribution >= 4 is 0 Å². The Labute approximate surface area is 88.7 Å². The predicted molar refractivity (Wildman–Crippen MR) is 57.5 cm³/mol. The van der Waals surface area contributed by atoms with Gasteiger partial charge in [0, 0.05) is 30.4 Å². The number of aromatic nitrogens is 2. The Morgan fingerprint density at radius 2 is 2.47 bits per heavy atom. The fraction of sp³-hybridized carbons (Fsp3) is 0.364. The molecular weight excluding hydrogens is 190 g/mol. The minimum Gasteiger partial charge on any atom is -0.469 e. The normalized spacial score (nSPS) is 12.9. The summed E-state index contributed by atoms with van der Waals surface area (Å²) in [5.74, 6) is 1.94. The zero-order chi connectivity index (χ0) is 10.7. The van der Waals surface area contributed by atoms with Crippen molar-refractivity contribution in [2.75, 3.05) is 7.05 Å². The molecule has 2 aromatic rings. The Bertz CT molecular complexity index is 405. The summed E-state index contributed by atoms with van der Waals surface area (Å²) in [5, 5.41) is 3.26. The summed E-state index contributed by atoms with van der Waals surface area (Å²) in [7, 11) is 1.94. The summed E-state index contributed by atoms with van der Waals surface area (Å²) < 4.78 is 5.30. The monoisotopic (exact) mass is 205 g/mol. The molecule has 0 saturated heterocycles. The first kappa shape index (κ1) is 9.98. The second kappa shape index (κ2) is 4.31. The van der Waals surface area contributed by atoms with Gasteiger partial charge in [0.1, 0.15) is 11.6 Å². The maximum absolute atomic E-state index is 5.30. The summed E-state index contributed by atoms with van der Waals surface area (Å²) in [5.41, 5.74) is 1.19. The van der Waals surface area contributed by atoms with E-state index >= 15 is 0 Å². The summed E-state index contributed by atoms with van der Waals surface area (Å²) in [6.45, 7) is 1.97. The Balaban J connectivity index is 2.15. The van der Waals surface area contributed by atoms with E-state index in [0.717, 1.165) is 18.0 Å². The number of aryl methyl sites for hydroxylation is 1. The van der Waals surface area contributed by atoms with Gasteiger partial charge in [0.05, 0.1) is 6.26 Å². The van der Waals surface area contributed by atoms with E-state index in [-0.39, 0.29) is 6.04 Å². The molecular formula is C11H15N3O. The van der Waals surface area contributed by atoms with E-state index < -0.39 is 0 Å². The molecule has 1 unspecified atom stereocenters. The van der Waals surface area contributed by atoms with Gasteiger partial charge in [-0.05, 0) is 20.0 Å². The molecule has 0 aliphatic heterocycles. The van der Waals surface area contributed by atoms with Crippen LogP contribution in [0, 0.1) is 6.92 Å². The van der Waals surface area contributed by atoms with Crippen molar-refractivity contribution in [2.24, 2.45) is 0 Å². The number of H-pyrrole nitrogens is 1. The van der Waals surface area contributed by atoms with Crippen LogP contribution in [0.25, 0.3) is 0 Å². The highest BCUT2D eigenvalue weighted by Crippen LogP contribution is 2.20. The quantitative estimate of drug-likeness (QED) is 0.800. The van der Waals surface area contributed by atoms with Gasteiger partial charge >= 0.3 is 0 Å². The average Bonchev–Trinajstić information content (AvgIpc) is 2.85. The SMILES string of the molecule is CNC(Cc1ncc[nH]1)c1ccoc1C. The molecule has 1 atom stereocenters. The first-order valence-electron chi connectivity index (χ1n) is 5.00. The van der Waals surface area contributed by atoms with Crippen molar-refractivity contribution in [3.8, 4) is 0 Å². The molecule has 2 heterocycles. The Hall–Kier alpha value is -1.55. The van der Waals surface area contributed by atoms with E-state index in [1.807, 2.05) is 26.2 Å². The molecule has 0 aliphatic rings. The Morgan fingerprint density at radius 1 is 1.60 bits per heavy atom. The highest BCUT2D eigenvalue weighted by atomic mass is 16.3. The zero-order valence-corrected chi connectivity index (χ0v) is 8.95. The van der Waals surface area contributed by atoms with Crippen LogP contribution in [0.5, 0.6) is 0 Å². The molecule has 0 amide bonds. The first-order valence-corrected chi connectivity index (χ1v) is 5.00. The molecule has 80 valence electrons. The Kier molecular flexibility index (Phi) is 2.87. The molecule has 0 aromatic carbocycles. The third kappa shape index (κ3) is 2.10. The molecule has 0 spiro atoms. The number of rotatable bonds is 4. The Morgan fingerprint density at radius 3 is 3.00 bits per heavy atom. The smallest absolute Gasteiger partial charge is 0.107 e. The lowest BCUT2D eigenvalue weighted by Gasteiger charge is -2.13. The predicted octanol–water partition coefficient (Wildman–Crippen LogP) is 1.81. The topological polar surface area (TPSA) is 53.9 Å². The summed E-state index contributed by atoms with van der Waals surface area (Å²) in [6.07, 6.45) is 6.16. The van der Waals surface area contributed by atoms with Gasteiger partial charge in [-0.3, -0.25) is 0 Å². The van der Waals surface area contributed by atoms with E-state index in [2.05, 4.69) is 15.3 Å². The highest BCUT2D eigenvalue weighted by molar-refractivity contribution is 5.21. The number of hydrogen-bond donors (Lipinski definition) is 2. The van der Waals surface area contributed by atoms with E-state index in [9.17, 15) is 0 Å². The lowest BCUT2D eigenvalue weighted by Crippen LogP contribution is -2.19. The minimum atomic E-state index is 0.245. The number of nitrogens with one attached hydrogen (secondary N) is 2. The van der Waals surface area contributed by atoms with Crippen LogP contribution < -0.4 is 5.32 Å². The van der Waals surface area contributed by atoms with Crippen molar-refractivity contribution in [2.45, 2.75) is 19.4 Å².